The Bertz CT molecular complexity index is 1130. The summed E-state index contributed by atoms with van der Waals surface area (Å²) in [5, 5.41) is 1.20. The van der Waals surface area contributed by atoms with Crippen LogP contribution >= 0.6 is 22.9 Å². The van der Waals surface area contributed by atoms with E-state index in [1.165, 1.54) is 22.5 Å². The Labute approximate surface area is 172 Å². The Morgan fingerprint density at radius 3 is 2.71 bits per heavy atom. The van der Waals surface area contributed by atoms with E-state index in [-0.39, 0.29) is 5.91 Å². The minimum absolute atomic E-state index is 0.0326. The van der Waals surface area contributed by atoms with E-state index < -0.39 is 0 Å². The van der Waals surface area contributed by atoms with Gasteiger partial charge in [-0.1, -0.05) is 47.2 Å². The van der Waals surface area contributed by atoms with Crippen LogP contribution in [0.2, 0.25) is 5.02 Å². The number of rotatable bonds is 5. The molecule has 0 atom stereocenters. The van der Waals surface area contributed by atoms with E-state index in [4.69, 9.17) is 16.0 Å². The molecule has 4 nitrogen and oxygen atoms in total. The number of amides is 1. The highest BCUT2D eigenvalue weighted by Gasteiger charge is 2.22. The van der Waals surface area contributed by atoms with Gasteiger partial charge in [-0.05, 0) is 54.8 Å². The van der Waals surface area contributed by atoms with Crippen LogP contribution in [0.1, 0.15) is 22.5 Å². The average molecular weight is 411 g/mol. The molecule has 2 heterocycles. The second-order valence-electron chi connectivity index (χ2n) is 6.74. The second kappa shape index (κ2) is 7.78. The van der Waals surface area contributed by atoms with Gasteiger partial charge in [-0.25, -0.2) is 4.98 Å². The molecule has 0 N–H and O–H groups in total. The molecule has 2 aromatic carbocycles. The predicted octanol–water partition coefficient (Wildman–Crippen LogP) is 5.94. The maximum Gasteiger partial charge on any atom is 0.233 e. The molecule has 0 radical (unpaired) electrons. The topological polar surface area (TPSA) is 46.3 Å². The molecule has 6 heteroatoms. The molecule has 0 unspecified atom stereocenters. The van der Waals surface area contributed by atoms with Gasteiger partial charge in [0.05, 0.1) is 29.0 Å². The van der Waals surface area contributed by atoms with Gasteiger partial charge in [-0.2, -0.15) is 0 Å². The van der Waals surface area contributed by atoms with Crippen molar-refractivity contribution in [3.8, 4) is 0 Å². The van der Waals surface area contributed by atoms with Gasteiger partial charge in [-0.3, -0.25) is 9.69 Å². The first-order valence-electron chi connectivity index (χ1n) is 8.95. The molecular formula is C22H19ClN2O2S. The summed E-state index contributed by atoms with van der Waals surface area (Å²) in [4.78, 5) is 19.5. The van der Waals surface area contributed by atoms with E-state index in [0.717, 1.165) is 10.3 Å². The maximum absolute atomic E-state index is 13.2. The minimum atomic E-state index is -0.0326. The number of thiazole rings is 1. The average Bonchev–Trinajstić information content (AvgIpc) is 3.32. The fraction of sp³-hybridized carbons (Fsp3) is 0.182. The zero-order chi connectivity index (χ0) is 19.7. The SMILES string of the molecule is Cc1ccc(CC(=O)N(Cc2ccco2)c2nc3c(Cl)cccc3s2)cc1C. The van der Waals surface area contributed by atoms with Crippen LogP contribution in [0.4, 0.5) is 5.13 Å². The summed E-state index contributed by atoms with van der Waals surface area (Å²) in [6.45, 7) is 4.45. The smallest absolute Gasteiger partial charge is 0.233 e. The standard InChI is InChI=1S/C22H19ClN2O2S/c1-14-8-9-16(11-15(14)2)12-20(26)25(13-17-5-4-10-27-17)22-24-21-18(23)6-3-7-19(21)28-22/h3-11H,12-13H2,1-2H3. The molecule has 4 aromatic rings. The molecule has 4 rings (SSSR count). The lowest BCUT2D eigenvalue weighted by Gasteiger charge is -2.19. The highest BCUT2D eigenvalue weighted by molar-refractivity contribution is 7.22. The molecule has 0 bridgehead atoms. The lowest BCUT2D eigenvalue weighted by molar-refractivity contribution is -0.118. The second-order valence-corrected chi connectivity index (χ2v) is 8.15. The molecule has 28 heavy (non-hydrogen) atoms. The molecule has 0 aliphatic carbocycles. The van der Waals surface area contributed by atoms with Gasteiger partial charge in [0.2, 0.25) is 5.91 Å². The lowest BCUT2D eigenvalue weighted by Crippen LogP contribution is -2.31. The third kappa shape index (κ3) is 3.81. The van der Waals surface area contributed by atoms with Gasteiger partial charge in [0.25, 0.3) is 0 Å². The molecule has 0 saturated heterocycles. The number of furan rings is 1. The van der Waals surface area contributed by atoms with E-state index in [1.807, 2.05) is 36.4 Å². The van der Waals surface area contributed by atoms with Gasteiger partial charge in [0.15, 0.2) is 5.13 Å². The largest absolute Gasteiger partial charge is 0.467 e. The number of aromatic nitrogens is 1. The Kier molecular flexibility index (Phi) is 5.20. The van der Waals surface area contributed by atoms with E-state index in [2.05, 4.69) is 24.9 Å². The molecular weight excluding hydrogens is 392 g/mol. The first kappa shape index (κ1) is 18.7. The van der Waals surface area contributed by atoms with Crippen LogP contribution in [0.25, 0.3) is 10.2 Å². The number of hydrogen-bond donors (Lipinski definition) is 0. The van der Waals surface area contributed by atoms with Crippen molar-refractivity contribution >= 4 is 44.2 Å². The Morgan fingerprint density at radius 2 is 2.00 bits per heavy atom. The number of aryl methyl sites for hydroxylation is 2. The molecule has 0 aliphatic heterocycles. The van der Waals surface area contributed by atoms with Crippen molar-refractivity contribution in [3.63, 3.8) is 0 Å². The summed E-state index contributed by atoms with van der Waals surface area (Å²) in [7, 11) is 0. The zero-order valence-electron chi connectivity index (χ0n) is 15.6. The monoisotopic (exact) mass is 410 g/mol. The Balaban J connectivity index is 1.68. The first-order valence-corrected chi connectivity index (χ1v) is 10.1. The predicted molar refractivity (Wildman–Crippen MR) is 114 cm³/mol. The van der Waals surface area contributed by atoms with Gasteiger partial charge >= 0.3 is 0 Å². The fourth-order valence-electron chi connectivity index (χ4n) is 3.02. The fourth-order valence-corrected chi connectivity index (χ4v) is 4.30. The summed E-state index contributed by atoms with van der Waals surface area (Å²) in [5.74, 6) is 0.675. The van der Waals surface area contributed by atoms with Crippen molar-refractivity contribution in [2.75, 3.05) is 4.90 Å². The number of carbonyl (C=O) groups excluding carboxylic acids is 1. The molecule has 142 valence electrons. The summed E-state index contributed by atoms with van der Waals surface area (Å²) >= 11 is 7.74. The van der Waals surface area contributed by atoms with Crippen molar-refractivity contribution in [2.24, 2.45) is 0 Å². The van der Waals surface area contributed by atoms with Crippen LogP contribution in [0.15, 0.2) is 59.2 Å². The van der Waals surface area contributed by atoms with Crippen LogP contribution in [0.3, 0.4) is 0 Å². The van der Waals surface area contributed by atoms with Gasteiger partial charge in [0.1, 0.15) is 11.3 Å². The van der Waals surface area contributed by atoms with E-state index >= 15 is 0 Å². The highest BCUT2D eigenvalue weighted by Crippen LogP contribution is 2.33. The molecule has 1 amide bonds. The Morgan fingerprint density at radius 1 is 1.14 bits per heavy atom. The van der Waals surface area contributed by atoms with Crippen LogP contribution in [0, 0.1) is 13.8 Å². The number of benzene rings is 2. The number of anilines is 1. The molecule has 0 fully saturated rings. The van der Waals surface area contributed by atoms with Crippen molar-refractivity contribution in [3.05, 3.63) is 82.3 Å². The summed E-state index contributed by atoms with van der Waals surface area (Å²) in [6, 6.07) is 15.4. The molecule has 0 saturated carbocycles. The number of para-hydroxylation sites is 1. The lowest BCUT2D eigenvalue weighted by atomic mass is 10.0. The summed E-state index contributed by atoms with van der Waals surface area (Å²) in [5.41, 5.74) is 4.09. The number of nitrogens with zero attached hydrogens (tertiary/aromatic N) is 2. The van der Waals surface area contributed by atoms with E-state index in [0.29, 0.717) is 34.4 Å². The van der Waals surface area contributed by atoms with Crippen molar-refractivity contribution in [1.29, 1.82) is 0 Å². The van der Waals surface area contributed by atoms with Crippen molar-refractivity contribution in [2.45, 2.75) is 26.8 Å². The molecule has 2 aromatic heterocycles. The van der Waals surface area contributed by atoms with Crippen molar-refractivity contribution in [1.82, 2.24) is 4.98 Å². The van der Waals surface area contributed by atoms with E-state index in [1.54, 1.807) is 17.2 Å². The summed E-state index contributed by atoms with van der Waals surface area (Å²) in [6.07, 6.45) is 1.90. The van der Waals surface area contributed by atoms with Crippen LogP contribution in [0.5, 0.6) is 0 Å². The third-order valence-electron chi connectivity index (χ3n) is 4.71. The zero-order valence-corrected chi connectivity index (χ0v) is 17.2. The molecule has 0 aliphatic rings. The quantitative estimate of drug-likeness (QED) is 0.409. The highest BCUT2D eigenvalue weighted by atomic mass is 35.5. The number of carbonyl (C=O) groups is 1. The van der Waals surface area contributed by atoms with Crippen LogP contribution < -0.4 is 4.90 Å². The van der Waals surface area contributed by atoms with Crippen LogP contribution in [-0.4, -0.2) is 10.9 Å². The van der Waals surface area contributed by atoms with Crippen molar-refractivity contribution < 1.29 is 9.21 Å². The minimum Gasteiger partial charge on any atom is -0.467 e. The van der Waals surface area contributed by atoms with Gasteiger partial charge in [-0.15, -0.1) is 0 Å². The number of hydrogen-bond acceptors (Lipinski definition) is 4. The molecule has 0 spiro atoms. The van der Waals surface area contributed by atoms with Gasteiger partial charge in [0, 0.05) is 0 Å². The first-order chi connectivity index (χ1) is 13.5. The Hall–Kier alpha value is -2.63. The maximum atomic E-state index is 13.2. The van der Waals surface area contributed by atoms with E-state index in [9.17, 15) is 4.79 Å². The van der Waals surface area contributed by atoms with Crippen LogP contribution in [-0.2, 0) is 17.8 Å². The summed E-state index contributed by atoms with van der Waals surface area (Å²) < 4.78 is 6.43. The number of halogens is 1. The third-order valence-corrected chi connectivity index (χ3v) is 6.06. The normalized spacial score (nSPS) is 11.1. The number of fused-ring (bicyclic) bond motifs is 1. The van der Waals surface area contributed by atoms with Gasteiger partial charge < -0.3 is 4.42 Å².